The van der Waals surface area contributed by atoms with E-state index in [1.54, 1.807) is 7.05 Å². The van der Waals surface area contributed by atoms with Gasteiger partial charge in [-0.25, -0.2) is 14.8 Å². The van der Waals surface area contributed by atoms with Crippen LogP contribution in [-0.2, 0) is 9.53 Å². The van der Waals surface area contributed by atoms with Crippen LogP contribution in [0.25, 0.3) is 0 Å². The van der Waals surface area contributed by atoms with Crippen molar-refractivity contribution in [2.75, 3.05) is 12.4 Å². The third-order valence-electron chi connectivity index (χ3n) is 10.6. The molecule has 0 aromatic carbocycles. The Morgan fingerprint density at radius 3 is 2.39 bits per heavy atom. The van der Waals surface area contributed by atoms with Gasteiger partial charge in [0.1, 0.15) is 12.2 Å². The third kappa shape index (κ3) is 4.59. The van der Waals surface area contributed by atoms with Crippen LogP contribution in [0.4, 0.5) is 10.7 Å². The van der Waals surface area contributed by atoms with E-state index in [-0.39, 0.29) is 23.2 Å². The minimum absolute atomic E-state index is 0.106. The number of hydrogen-bond acceptors (Lipinski definition) is 9. The van der Waals surface area contributed by atoms with E-state index in [0.717, 1.165) is 12.8 Å². The molecular formula is C28H42N4O6. The molecule has 1 heterocycles. The number of rotatable bonds is 4. The third-order valence-corrected chi connectivity index (χ3v) is 10.6. The van der Waals surface area contributed by atoms with Crippen LogP contribution in [0.5, 0.6) is 0 Å². The summed E-state index contributed by atoms with van der Waals surface area (Å²) in [5.41, 5.74) is -1.61. The summed E-state index contributed by atoms with van der Waals surface area (Å²) >= 11 is 0. The Balaban J connectivity index is 1.68. The number of fused-ring (bicyclic) bond motifs is 1. The van der Waals surface area contributed by atoms with Crippen LogP contribution in [0.1, 0.15) is 83.5 Å². The highest BCUT2D eigenvalue weighted by Crippen LogP contribution is 2.63. The lowest BCUT2D eigenvalue weighted by Crippen LogP contribution is -2.50. The van der Waals surface area contributed by atoms with Crippen molar-refractivity contribution >= 4 is 23.7 Å². The zero-order chi connectivity index (χ0) is 28.0. The van der Waals surface area contributed by atoms with Crippen LogP contribution >= 0.6 is 0 Å². The molecule has 1 aromatic rings. The predicted molar refractivity (Wildman–Crippen MR) is 140 cm³/mol. The van der Waals surface area contributed by atoms with Gasteiger partial charge in [-0.05, 0) is 61.2 Å². The fourth-order valence-electron chi connectivity index (χ4n) is 7.46. The minimum atomic E-state index is -1.04. The summed E-state index contributed by atoms with van der Waals surface area (Å²) in [6.07, 6.45) is 2.60. The number of aromatic nitrogens is 2. The largest absolute Gasteiger partial charge is 0.445 e. The van der Waals surface area contributed by atoms with Gasteiger partial charge in [-0.2, -0.15) is 0 Å². The maximum absolute atomic E-state index is 13.4. The quantitative estimate of drug-likeness (QED) is 0.459. The van der Waals surface area contributed by atoms with Crippen molar-refractivity contribution in [1.29, 1.82) is 0 Å². The van der Waals surface area contributed by atoms with E-state index in [4.69, 9.17) is 4.74 Å². The van der Waals surface area contributed by atoms with Gasteiger partial charge < -0.3 is 20.3 Å². The molecule has 10 nitrogen and oxygen atoms in total. The molecule has 38 heavy (non-hydrogen) atoms. The zero-order valence-electron chi connectivity index (χ0n) is 23.3. The highest BCUT2D eigenvalue weighted by molar-refractivity contribution is 6.02. The second kappa shape index (κ2) is 10.2. The minimum Gasteiger partial charge on any atom is -0.445 e. The van der Waals surface area contributed by atoms with Crippen molar-refractivity contribution in [2.45, 2.75) is 91.5 Å². The molecule has 2 bridgehead atoms. The summed E-state index contributed by atoms with van der Waals surface area (Å²) in [7, 11) is 1.66. The molecule has 10 heteroatoms. The predicted octanol–water partition coefficient (Wildman–Crippen LogP) is 3.33. The van der Waals surface area contributed by atoms with Crippen LogP contribution in [0, 0.1) is 34.0 Å². The van der Waals surface area contributed by atoms with E-state index in [1.165, 1.54) is 12.4 Å². The summed E-state index contributed by atoms with van der Waals surface area (Å²) in [6.45, 7) is 10.2. The molecule has 0 aliphatic heterocycles. The lowest BCUT2D eigenvalue weighted by molar-refractivity contribution is -0.131. The summed E-state index contributed by atoms with van der Waals surface area (Å²) in [5.74, 6) is -1.06. The SMILES string of the molecule is CC[C@]1(C)C[C@@H](OC(=O)NC(=O)c2cnc(NC)nc2)[C@@]2(C)CC3C(=O)[C@@H](O)C[C@@]3(CCC2C)[C@@H](C)[C@@H]1O. The standard InChI is InChI=1S/C28H42N4O6/c1-7-26(4)12-20(38-25(37)32-23(36)17-13-30-24(29-6)31-14-17)27(5)10-18-21(34)19(33)11-28(18,9-8-15(27)2)16(3)22(26)35/h13-16,18-20,22,33,35H,7-12H2,1-6H3,(H,29,30,31)(H,32,36,37)/t15?,16-,18?,19-,20+,22-,26+,27-,28-/m0/s1. The second-order valence-corrected chi connectivity index (χ2v) is 12.4. The molecular weight excluding hydrogens is 488 g/mol. The Hall–Kier alpha value is -2.59. The van der Waals surface area contributed by atoms with Crippen LogP contribution in [-0.4, -0.2) is 63.3 Å². The van der Waals surface area contributed by atoms with Gasteiger partial charge in [0, 0.05) is 30.8 Å². The summed E-state index contributed by atoms with van der Waals surface area (Å²) in [4.78, 5) is 47.2. The topological polar surface area (TPSA) is 151 Å². The average Bonchev–Trinajstić information content (AvgIpc) is 3.07. The highest BCUT2D eigenvalue weighted by atomic mass is 16.6. The number of imide groups is 1. The molecule has 210 valence electrons. The Labute approximate surface area is 224 Å². The Kier molecular flexibility index (Phi) is 7.62. The van der Waals surface area contributed by atoms with Crippen LogP contribution < -0.4 is 10.6 Å². The van der Waals surface area contributed by atoms with Gasteiger partial charge in [0.2, 0.25) is 5.95 Å². The zero-order valence-corrected chi connectivity index (χ0v) is 23.3. The van der Waals surface area contributed by atoms with Crippen molar-refractivity contribution in [3.8, 4) is 0 Å². The number of amides is 2. The van der Waals surface area contributed by atoms with Crippen molar-refractivity contribution in [2.24, 2.45) is 34.0 Å². The first-order chi connectivity index (χ1) is 17.8. The summed E-state index contributed by atoms with van der Waals surface area (Å²) in [6, 6.07) is 0. The lowest BCUT2D eigenvalue weighted by atomic mass is 9.59. The van der Waals surface area contributed by atoms with Gasteiger partial charge in [0.05, 0.1) is 11.7 Å². The number of aliphatic hydroxyl groups excluding tert-OH is 2. The number of alkyl carbamates (subject to hydrolysis) is 1. The van der Waals surface area contributed by atoms with E-state index < -0.39 is 52.5 Å². The number of nitrogens with one attached hydrogen (secondary N) is 2. The average molecular weight is 531 g/mol. The number of anilines is 1. The Morgan fingerprint density at radius 2 is 1.79 bits per heavy atom. The number of ketones is 1. The number of Topliss-reactive ketones (excluding diaryl/α,β-unsaturated/α-hetero) is 1. The normalized spacial score (nSPS) is 40.8. The van der Waals surface area contributed by atoms with Crippen molar-refractivity contribution in [3.63, 3.8) is 0 Å². The number of aliphatic hydroxyl groups is 2. The number of nitrogens with zero attached hydrogens (tertiary/aromatic N) is 2. The van der Waals surface area contributed by atoms with Crippen molar-refractivity contribution < 1.29 is 29.3 Å². The fraction of sp³-hybridized carbons (Fsp3) is 0.750. The molecule has 0 saturated heterocycles. The molecule has 3 aliphatic carbocycles. The first-order valence-electron chi connectivity index (χ1n) is 13.7. The molecule has 3 saturated carbocycles. The molecule has 3 aliphatic rings. The molecule has 4 rings (SSSR count). The van der Waals surface area contributed by atoms with E-state index in [9.17, 15) is 24.6 Å². The first-order valence-corrected chi connectivity index (χ1v) is 13.7. The van der Waals surface area contributed by atoms with Gasteiger partial charge >= 0.3 is 6.09 Å². The lowest BCUT2D eigenvalue weighted by Gasteiger charge is -2.48. The van der Waals surface area contributed by atoms with E-state index in [0.29, 0.717) is 31.6 Å². The number of ether oxygens (including phenoxy) is 1. The smallest absolute Gasteiger partial charge is 0.414 e. The molecule has 3 fully saturated rings. The Bertz CT molecular complexity index is 1080. The number of carbonyl (C=O) groups excluding carboxylic acids is 3. The van der Waals surface area contributed by atoms with Gasteiger partial charge in [0.15, 0.2) is 5.78 Å². The van der Waals surface area contributed by atoms with E-state index in [2.05, 4.69) is 27.5 Å². The Morgan fingerprint density at radius 1 is 1.13 bits per heavy atom. The maximum Gasteiger partial charge on any atom is 0.414 e. The number of hydrogen-bond donors (Lipinski definition) is 4. The molecule has 0 spiro atoms. The van der Waals surface area contributed by atoms with Gasteiger partial charge in [-0.1, -0.05) is 34.6 Å². The monoisotopic (exact) mass is 530 g/mol. The van der Waals surface area contributed by atoms with Crippen molar-refractivity contribution in [1.82, 2.24) is 15.3 Å². The maximum atomic E-state index is 13.4. The van der Waals surface area contributed by atoms with Crippen molar-refractivity contribution in [3.05, 3.63) is 18.0 Å². The molecule has 0 radical (unpaired) electrons. The fourth-order valence-corrected chi connectivity index (χ4v) is 7.46. The van der Waals surface area contributed by atoms with Gasteiger partial charge in [0.25, 0.3) is 5.91 Å². The number of carbonyl (C=O) groups is 3. The van der Waals surface area contributed by atoms with E-state index >= 15 is 0 Å². The van der Waals surface area contributed by atoms with Gasteiger partial charge in [-0.15, -0.1) is 0 Å². The second-order valence-electron chi connectivity index (χ2n) is 12.4. The molecule has 2 amide bonds. The summed E-state index contributed by atoms with van der Waals surface area (Å²) in [5, 5.41) is 27.5. The molecule has 4 N–H and O–H groups in total. The summed E-state index contributed by atoms with van der Waals surface area (Å²) < 4.78 is 6.06. The van der Waals surface area contributed by atoms with Crippen LogP contribution in [0.15, 0.2) is 12.4 Å². The van der Waals surface area contributed by atoms with Crippen LogP contribution in [0.2, 0.25) is 0 Å². The highest BCUT2D eigenvalue weighted by Gasteiger charge is 2.64. The molecule has 2 unspecified atom stereocenters. The molecule has 1 aromatic heterocycles. The molecule has 9 atom stereocenters. The van der Waals surface area contributed by atoms with E-state index in [1.807, 2.05) is 27.7 Å². The first kappa shape index (κ1) is 28.4. The van der Waals surface area contributed by atoms with Gasteiger partial charge in [-0.3, -0.25) is 14.9 Å². The van der Waals surface area contributed by atoms with Crippen LogP contribution in [0.3, 0.4) is 0 Å².